The third-order valence-corrected chi connectivity index (χ3v) is 4.63. The Hall–Kier alpha value is -3.63. The van der Waals surface area contributed by atoms with Crippen molar-refractivity contribution in [2.75, 3.05) is 13.2 Å². The summed E-state index contributed by atoms with van der Waals surface area (Å²) in [6.07, 6.45) is -4.48. The lowest BCUT2D eigenvalue weighted by Gasteiger charge is -2.21. The Morgan fingerprint density at radius 2 is 1.94 bits per heavy atom. The maximum absolute atomic E-state index is 12.9. The SMILES string of the molecule is CC(NC(=O)Cn1nnc(-c2cccc(C(F)(F)F)c2)n1)c1ccc2c(c1)OCCO2. The van der Waals surface area contributed by atoms with Crippen LogP contribution in [0.4, 0.5) is 13.2 Å². The van der Waals surface area contributed by atoms with Gasteiger partial charge in [-0.25, -0.2) is 0 Å². The van der Waals surface area contributed by atoms with E-state index >= 15 is 0 Å². The maximum Gasteiger partial charge on any atom is 0.416 e. The summed E-state index contributed by atoms with van der Waals surface area (Å²) in [6, 6.07) is 9.70. The first-order chi connectivity index (χ1) is 14.8. The Kier molecular flexibility index (Phi) is 5.49. The zero-order valence-electron chi connectivity index (χ0n) is 16.4. The number of carbonyl (C=O) groups excluding carboxylic acids is 1. The summed E-state index contributed by atoms with van der Waals surface area (Å²) < 4.78 is 49.7. The number of hydrogen-bond donors (Lipinski definition) is 1. The highest BCUT2D eigenvalue weighted by Crippen LogP contribution is 2.33. The summed E-state index contributed by atoms with van der Waals surface area (Å²) in [6.45, 7) is 2.53. The summed E-state index contributed by atoms with van der Waals surface area (Å²) in [4.78, 5) is 13.4. The summed E-state index contributed by atoms with van der Waals surface area (Å²) in [5.74, 6) is 0.894. The van der Waals surface area contributed by atoms with Crippen molar-refractivity contribution in [2.24, 2.45) is 0 Å². The number of nitrogens with zero attached hydrogens (tertiary/aromatic N) is 4. The van der Waals surface area contributed by atoms with Crippen LogP contribution in [0.2, 0.25) is 0 Å². The highest BCUT2D eigenvalue weighted by molar-refractivity contribution is 5.76. The van der Waals surface area contributed by atoms with Crippen LogP contribution in [-0.4, -0.2) is 39.3 Å². The zero-order chi connectivity index (χ0) is 22.0. The van der Waals surface area contributed by atoms with Gasteiger partial charge in [-0.15, -0.1) is 10.2 Å². The Bertz CT molecular complexity index is 1100. The number of hydrogen-bond acceptors (Lipinski definition) is 6. The van der Waals surface area contributed by atoms with Crippen molar-refractivity contribution < 1.29 is 27.4 Å². The fourth-order valence-electron chi connectivity index (χ4n) is 3.09. The lowest BCUT2D eigenvalue weighted by Crippen LogP contribution is -2.31. The van der Waals surface area contributed by atoms with Crippen molar-refractivity contribution >= 4 is 5.91 Å². The van der Waals surface area contributed by atoms with Crippen molar-refractivity contribution in [3.63, 3.8) is 0 Å². The normalized spacial score (nSPS) is 14.2. The Morgan fingerprint density at radius 3 is 2.71 bits per heavy atom. The minimum Gasteiger partial charge on any atom is -0.486 e. The molecule has 162 valence electrons. The van der Waals surface area contributed by atoms with Gasteiger partial charge in [0.1, 0.15) is 19.8 Å². The molecule has 1 atom stereocenters. The van der Waals surface area contributed by atoms with Crippen molar-refractivity contribution in [2.45, 2.75) is 25.7 Å². The Balaban J connectivity index is 1.40. The molecule has 0 fully saturated rings. The van der Waals surface area contributed by atoms with Crippen LogP contribution >= 0.6 is 0 Å². The van der Waals surface area contributed by atoms with Gasteiger partial charge in [0, 0.05) is 5.56 Å². The summed E-state index contributed by atoms with van der Waals surface area (Å²) >= 11 is 0. The topological polar surface area (TPSA) is 91.2 Å². The van der Waals surface area contributed by atoms with Crippen LogP contribution in [0, 0.1) is 0 Å². The third-order valence-electron chi connectivity index (χ3n) is 4.63. The smallest absolute Gasteiger partial charge is 0.416 e. The van der Waals surface area contributed by atoms with Gasteiger partial charge in [0.15, 0.2) is 11.5 Å². The third kappa shape index (κ3) is 4.76. The number of alkyl halides is 3. The average Bonchev–Trinajstić information content (AvgIpc) is 3.21. The van der Waals surface area contributed by atoms with Crippen molar-refractivity contribution in [3.05, 3.63) is 53.6 Å². The number of tetrazole rings is 1. The van der Waals surface area contributed by atoms with E-state index < -0.39 is 11.7 Å². The van der Waals surface area contributed by atoms with Gasteiger partial charge in [0.2, 0.25) is 11.7 Å². The molecule has 4 rings (SSSR count). The lowest BCUT2D eigenvalue weighted by atomic mass is 10.1. The van der Waals surface area contributed by atoms with Gasteiger partial charge >= 0.3 is 6.18 Å². The number of carbonyl (C=O) groups is 1. The lowest BCUT2D eigenvalue weighted by molar-refractivity contribution is -0.137. The predicted molar refractivity (Wildman–Crippen MR) is 102 cm³/mol. The molecule has 0 bridgehead atoms. The monoisotopic (exact) mass is 433 g/mol. The molecule has 1 N–H and O–H groups in total. The van der Waals surface area contributed by atoms with Crippen LogP contribution in [0.1, 0.15) is 24.1 Å². The van der Waals surface area contributed by atoms with Crippen molar-refractivity contribution in [3.8, 4) is 22.9 Å². The maximum atomic E-state index is 12.9. The molecule has 0 radical (unpaired) electrons. The number of aromatic nitrogens is 4. The molecule has 0 saturated carbocycles. The second-order valence-electron chi connectivity index (χ2n) is 6.91. The van der Waals surface area contributed by atoms with Crippen LogP contribution < -0.4 is 14.8 Å². The molecular weight excluding hydrogens is 415 g/mol. The Labute approximate surface area is 175 Å². The molecule has 1 aliphatic rings. The van der Waals surface area contributed by atoms with E-state index in [-0.39, 0.29) is 29.9 Å². The number of benzene rings is 2. The molecule has 2 aromatic carbocycles. The van der Waals surface area contributed by atoms with Crippen LogP contribution in [0.3, 0.4) is 0 Å². The minimum absolute atomic E-state index is 0.00113. The molecule has 1 aromatic heterocycles. The first kappa shape index (κ1) is 20.6. The van der Waals surface area contributed by atoms with Crippen molar-refractivity contribution in [1.82, 2.24) is 25.5 Å². The fourth-order valence-corrected chi connectivity index (χ4v) is 3.09. The number of halogens is 3. The van der Waals surface area contributed by atoms with E-state index in [1.54, 1.807) is 12.1 Å². The quantitative estimate of drug-likeness (QED) is 0.665. The predicted octanol–water partition coefficient (Wildman–Crippen LogP) is 3.01. The van der Waals surface area contributed by atoms with Crippen LogP contribution in [0.15, 0.2) is 42.5 Å². The fraction of sp³-hybridized carbons (Fsp3) is 0.300. The average molecular weight is 433 g/mol. The Morgan fingerprint density at radius 1 is 1.16 bits per heavy atom. The number of amides is 1. The first-order valence-electron chi connectivity index (χ1n) is 9.44. The zero-order valence-corrected chi connectivity index (χ0v) is 16.4. The summed E-state index contributed by atoms with van der Waals surface area (Å²) in [5.41, 5.74) is 0.173. The van der Waals surface area contributed by atoms with E-state index in [1.165, 1.54) is 12.1 Å². The standard InChI is InChI=1S/C20H18F3N5O3/c1-12(13-5-6-16-17(10-13)31-8-7-30-16)24-18(29)11-28-26-19(25-27-28)14-3-2-4-15(9-14)20(21,22)23/h2-6,9-10,12H,7-8,11H2,1H3,(H,24,29). The van der Waals surface area contributed by atoms with Gasteiger partial charge in [0.05, 0.1) is 11.6 Å². The van der Waals surface area contributed by atoms with Crippen LogP contribution in [0.25, 0.3) is 11.4 Å². The first-order valence-corrected chi connectivity index (χ1v) is 9.44. The van der Waals surface area contributed by atoms with Crippen LogP contribution in [0.5, 0.6) is 11.5 Å². The highest BCUT2D eigenvalue weighted by Gasteiger charge is 2.30. The number of nitrogens with one attached hydrogen (secondary N) is 1. The number of rotatable bonds is 5. The van der Waals surface area contributed by atoms with Gasteiger partial charge in [-0.1, -0.05) is 18.2 Å². The largest absolute Gasteiger partial charge is 0.486 e. The molecule has 1 aliphatic heterocycles. The molecule has 11 heteroatoms. The molecule has 0 saturated heterocycles. The molecule has 0 aliphatic carbocycles. The van der Waals surface area contributed by atoms with E-state index in [4.69, 9.17) is 9.47 Å². The van der Waals surface area contributed by atoms with E-state index in [0.717, 1.165) is 22.5 Å². The second kappa shape index (κ2) is 8.25. The van der Waals surface area contributed by atoms with Gasteiger partial charge < -0.3 is 14.8 Å². The molecule has 1 unspecified atom stereocenters. The van der Waals surface area contributed by atoms with Gasteiger partial charge in [-0.2, -0.15) is 18.0 Å². The van der Waals surface area contributed by atoms with E-state index in [2.05, 4.69) is 20.7 Å². The van der Waals surface area contributed by atoms with Gasteiger partial charge in [-0.05, 0) is 42.0 Å². The highest BCUT2D eigenvalue weighted by atomic mass is 19.4. The van der Waals surface area contributed by atoms with E-state index in [1.807, 2.05) is 13.0 Å². The molecule has 8 nitrogen and oxygen atoms in total. The molecule has 31 heavy (non-hydrogen) atoms. The molecular formula is C20H18F3N5O3. The molecule has 0 spiro atoms. The minimum atomic E-state index is -4.48. The number of ether oxygens (including phenoxy) is 2. The van der Waals surface area contributed by atoms with E-state index in [9.17, 15) is 18.0 Å². The number of fused-ring (bicyclic) bond motifs is 1. The molecule has 3 aromatic rings. The molecule has 2 heterocycles. The molecule has 1 amide bonds. The summed E-state index contributed by atoms with van der Waals surface area (Å²) in [7, 11) is 0. The van der Waals surface area contributed by atoms with Gasteiger partial charge in [0.25, 0.3) is 0 Å². The van der Waals surface area contributed by atoms with Gasteiger partial charge in [-0.3, -0.25) is 4.79 Å². The second-order valence-corrected chi connectivity index (χ2v) is 6.91. The van der Waals surface area contributed by atoms with Crippen molar-refractivity contribution in [1.29, 1.82) is 0 Å². The summed E-state index contributed by atoms with van der Waals surface area (Å²) in [5, 5.41) is 14.3. The van der Waals surface area contributed by atoms with E-state index in [0.29, 0.717) is 24.7 Å². The van der Waals surface area contributed by atoms with Crippen LogP contribution in [-0.2, 0) is 17.5 Å².